The molecule has 0 radical (unpaired) electrons. The molecule has 0 heterocycles. The summed E-state index contributed by atoms with van der Waals surface area (Å²) in [7, 11) is 0. The highest BCUT2D eigenvalue weighted by atomic mass is 35.5. The van der Waals surface area contributed by atoms with Crippen LogP contribution in [0.1, 0.15) is 21.5 Å². The smallest absolute Gasteiger partial charge is 0.338 e. The number of halogens is 1. The van der Waals surface area contributed by atoms with Gasteiger partial charge in [0.05, 0.1) is 21.2 Å². The fourth-order valence-corrected chi connectivity index (χ4v) is 2.38. The van der Waals surface area contributed by atoms with Crippen molar-refractivity contribution in [3.63, 3.8) is 0 Å². The Labute approximate surface area is 148 Å². The number of ether oxygens (including phenoxy) is 1. The molecule has 1 N–H and O–H groups in total. The number of benzene rings is 2. The Kier molecular flexibility index (Phi) is 5.71. The van der Waals surface area contributed by atoms with Gasteiger partial charge in [0.1, 0.15) is 0 Å². The van der Waals surface area contributed by atoms with E-state index in [0.29, 0.717) is 5.56 Å². The van der Waals surface area contributed by atoms with Crippen LogP contribution in [0.25, 0.3) is 0 Å². The number of rotatable bonds is 5. The van der Waals surface area contributed by atoms with Crippen molar-refractivity contribution in [3.05, 3.63) is 68.2 Å². The molecule has 0 spiro atoms. The van der Waals surface area contributed by atoms with Gasteiger partial charge in [-0.15, -0.1) is 0 Å². The summed E-state index contributed by atoms with van der Waals surface area (Å²) in [6.07, 6.45) is 0. The number of esters is 1. The molecule has 0 saturated heterocycles. The van der Waals surface area contributed by atoms with Crippen molar-refractivity contribution in [1.29, 1.82) is 0 Å². The van der Waals surface area contributed by atoms with Crippen molar-refractivity contribution in [2.75, 3.05) is 11.9 Å². The SMILES string of the molecule is Cc1ccc(C(=O)OCC(=O)Nc2ccc([N+](=O)[O-])cc2Cl)c(C)c1. The Bertz CT molecular complexity index is 851. The lowest BCUT2D eigenvalue weighted by molar-refractivity contribution is -0.384. The van der Waals surface area contributed by atoms with Gasteiger partial charge in [0, 0.05) is 12.1 Å². The van der Waals surface area contributed by atoms with Crippen LogP contribution in [0.3, 0.4) is 0 Å². The molecule has 0 aliphatic carbocycles. The van der Waals surface area contributed by atoms with E-state index in [4.69, 9.17) is 16.3 Å². The van der Waals surface area contributed by atoms with Gasteiger partial charge in [0.25, 0.3) is 11.6 Å². The van der Waals surface area contributed by atoms with Crippen LogP contribution in [-0.4, -0.2) is 23.4 Å². The third kappa shape index (κ3) is 4.77. The highest BCUT2D eigenvalue weighted by molar-refractivity contribution is 6.34. The number of nitro groups is 1. The van der Waals surface area contributed by atoms with Gasteiger partial charge >= 0.3 is 5.97 Å². The number of hydrogen-bond acceptors (Lipinski definition) is 5. The maximum Gasteiger partial charge on any atom is 0.338 e. The number of aryl methyl sites for hydroxylation is 2. The topological polar surface area (TPSA) is 98.5 Å². The van der Waals surface area contributed by atoms with Gasteiger partial charge in [0.2, 0.25) is 0 Å². The summed E-state index contributed by atoms with van der Waals surface area (Å²) in [5.41, 5.74) is 2.15. The van der Waals surface area contributed by atoms with Crippen LogP contribution >= 0.6 is 11.6 Å². The molecule has 7 nitrogen and oxygen atoms in total. The van der Waals surface area contributed by atoms with Crippen molar-refractivity contribution in [2.24, 2.45) is 0 Å². The van der Waals surface area contributed by atoms with E-state index in [0.717, 1.165) is 17.2 Å². The summed E-state index contributed by atoms with van der Waals surface area (Å²) in [6, 6.07) is 8.90. The summed E-state index contributed by atoms with van der Waals surface area (Å²) in [4.78, 5) is 33.9. The van der Waals surface area contributed by atoms with E-state index >= 15 is 0 Å². The first-order chi connectivity index (χ1) is 11.8. The Morgan fingerprint density at radius 1 is 1.20 bits per heavy atom. The van der Waals surface area contributed by atoms with Crippen molar-refractivity contribution in [3.8, 4) is 0 Å². The maximum absolute atomic E-state index is 12.0. The number of nitrogens with one attached hydrogen (secondary N) is 1. The number of anilines is 1. The molecular weight excluding hydrogens is 348 g/mol. The van der Waals surface area contributed by atoms with Crippen LogP contribution < -0.4 is 5.32 Å². The highest BCUT2D eigenvalue weighted by Gasteiger charge is 2.15. The molecule has 1 amide bonds. The van der Waals surface area contributed by atoms with Crippen LogP contribution in [0.5, 0.6) is 0 Å². The zero-order chi connectivity index (χ0) is 18.6. The highest BCUT2D eigenvalue weighted by Crippen LogP contribution is 2.26. The Morgan fingerprint density at radius 2 is 1.92 bits per heavy atom. The summed E-state index contributed by atoms with van der Waals surface area (Å²) in [5.74, 6) is -1.21. The number of amides is 1. The van der Waals surface area contributed by atoms with Crippen LogP contribution in [0.15, 0.2) is 36.4 Å². The quantitative estimate of drug-likeness (QED) is 0.497. The Morgan fingerprint density at radius 3 is 2.52 bits per heavy atom. The van der Waals surface area contributed by atoms with E-state index in [-0.39, 0.29) is 16.4 Å². The summed E-state index contributed by atoms with van der Waals surface area (Å²) < 4.78 is 4.98. The van der Waals surface area contributed by atoms with E-state index in [1.54, 1.807) is 19.1 Å². The van der Waals surface area contributed by atoms with E-state index < -0.39 is 23.4 Å². The molecular formula is C17H15ClN2O5. The maximum atomic E-state index is 12.0. The van der Waals surface area contributed by atoms with Crippen LogP contribution in [0.2, 0.25) is 5.02 Å². The van der Waals surface area contributed by atoms with Gasteiger partial charge in [-0.3, -0.25) is 14.9 Å². The lowest BCUT2D eigenvalue weighted by Crippen LogP contribution is -2.21. The van der Waals surface area contributed by atoms with Crippen molar-refractivity contribution < 1.29 is 19.2 Å². The molecule has 2 aromatic rings. The molecule has 25 heavy (non-hydrogen) atoms. The van der Waals surface area contributed by atoms with Gasteiger partial charge in [-0.2, -0.15) is 0 Å². The number of carbonyl (C=O) groups is 2. The van der Waals surface area contributed by atoms with Crippen LogP contribution in [-0.2, 0) is 9.53 Å². The average molecular weight is 363 g/mol. The molecule has 0 saturated carbocycles. The molecule has 0 atom stereocenters. The molecule has 0 aromatic heterocycles. The fraction of sp³-hybridized carbons (Fsp3) is 0.176. The van der Waals surface area contributed by atoms with Crippen molar-refractivity contribution >= 4 is 34.9 Å². The van der Waals surface area contributed by atoms with E-state index in [1.165, 1.54) is 12.1 Å². The average Bonchev–Trinajstić information content (AvgIpc) is 2.54. The second-order valence-electron chi connectivity index (χ2n) is 5.36. The lowest BCUT2D eigenvalue weighted by Gasteiger charge is -2.09. The number of nitro benzene ring substituents is 1. The third-order valence-electron chi connectivity index (χ3n) is 3.37. The Hall–Kier alpha value is -2.93. The number of carbonyl (C=O) groups excluding carboxylic acids is 2. The zero-order valence-electron chi connectivity index (χ0n) is 13.5. The second-order valence-corrected chi connectivity index (χ2v) is 5.77. The zero-order valence-corrected chi connectivity index (χ0v) is 14.3. The molecule has 130 valence electrons. The Balaban J connectivity index is 1.96. The van der Waals surface area contributed by atoms with E-state index in [9.17, 15) is 19.7 Å². The molecule has 0 aliphatic rings. The van der Waals surface area contributed by atoms with Crippen LogP contribution in [0, 0.1) is 24.0 Å². The second kappa shape index (κ2) is 7.76. The third-order valence-corrected chi connectivity index (χ3v) is 3.69. The molecule has 2 rings (SSSR count). The molecule has 2 aromatic carbocycles. The van der Waals surface area contributed by atoms with E-state index in [2.05, 4.69) is 5.32 Å². The molecule has 0 bridgehead atoms. The number of non-ortho nitro benzene ring substituents is 1. The lowest BCUT2D eigenvalue weighted by atomic mass is 10.1. The predicted octanol–water partition coefficient (Wildman–Crippen LogP) is 3.66. The minimum absolute atomic E-state index is 0.0169. The summed E-state index contributed by atoms with van der Waals surface area (Å²) in [5, 5.41) is 13.1. The summed E-state index contributed by atoms with van der Waals surface area (Å²) >= 11 is 5.88. The molecule has 0 fully saturated rings. The first-order valence-electron chi connectivity index (χ1n) is 7.26. The van der Waals surface area contributed by atoms with Crippen molar-refractivity contribution in [2.45, 2.75) is 13.8 Å². The minimum Gasteiger partial charge on any atom is -0.452 e. The monoisotopic (exact) mass is 362 g/mol. The normalized spacial score (nSPS) is 10.2. The first kappa shape index (κ1) is 18.4. The largest absolute Gasteiger partial charge is 0.452 e. The van der Waals surface area contributed by atoms with Crippen LogP contribution in [0.4, 0.5) is 11.4 Å². The van der Waals surface area contributed by atoms with Gasteiger partial charge in [0.15, 0.2) is 6.61 Å². The van der Waals surface area contributed by atoms with Crippen molar-refractivity contribution in [1.82, 2.24) is 0 Å². The van der Waals surface area contributed by atoms with Gasteiger partial charge in [-0.05, 0) is 31.5 Å². The first-order valence-corrected chi connectivity index (χ1v) is 7.64. The summed E-state index contributed by atoms with van der Waals surface area (Å²) in [6.45, 7) is 3.18. The van der Waals surface area contributed by atoms with Gasteiger partial charge in [-0.1, -0.05) is 29.3 Å². The minimum atomic E-state index is -0.609. The molecule has 8 heteroatoms. The number of nitrogens with zero attached hydrogens (tertiary/aromatic N) is 1. The fourth-order valence-electron chi connectivity index (χ4n) is 2.16. The van der Waals surface area contributed by atoms with Gasteiger partial charge < -0.3 is 10.1 Å². The number of hydrogen-bond donors (Lipinski definition) is 1. The molecule has 0 unspecified atom stereocenters. The van der Waals surface area contributed by atoms with Gasteiger partial charge in [-0.25, -0.2) is 4.79 Å². The predicted molar refractivity (Wildman–Crippen MR) is 92.9 cm³/mol. The standard InChI is InChI=1S/C17H15ClN2O5/c1-10-3-5-13(11(2)7-10)17(22)25-9-16(21)19-15-6-4-12(20(23)24)8-14(15)18/h3-8H,9H2,1-2H3,(H,19,21). The van der Waals surface area contributed by atoms with E-state index in [1.807, 2.05) is 13.0 Å². The molecule has 0 aliphatic heterocycles.